The molecule has 0 rings (SSSR count). The number of ether oxygens (including phenoxy) is 1. The second-order valence-corrected chi connectivity index (χ2v) is 8.01. The van der Waals surface area contributed by atoms with Crippen LogP contribution in [0, 0.1) is 0 Å². The van der Waals surface area contributed by atoms with Crippen LogP contribution >= 0.6 is 0 Å². The minimum absolute atomic E-state index is 0. The van der Waals surface area contributed by atoms with Crippen LogP contribution in [0.5, 0.6) is 0 Å². The molecule has 30 heavy (non-hydrogen) atoms. The number of carboxylic acids is 1. The second kappa shape index (κ2) is 23.0. The van der Waals surface area contributed by atoms with Gasteiger partial charge >= 0.3 is 34.3 Å². The Balaban J connectivity index is 0. The van der Waals surface area contributed by atoms with E-state index in [4.69, 9.17) is 5.73 Å². The first kappa shape index (κ1) is 31.5. The van der Waals surface area contributed by atoms with Gasteiger partial charge in [-0.25, -0.2) is 4.79 Å². The maximum atomic E-state index is 11.6. The predicted octanol–water partition coefficient (Wildman–Crippen LogP) is 4.17. The molecule has 0 fully saturated rings. The molecule has 6 nitrogen and oxygen atoms in total. The third kappa shape index (κ3) is 22.0. The van der Waals surface area contributed by atoms with E-state index < -0.39 is 23.9 Å². The number of hydrogen-bond acceptors (Lipinski definition) is 6. The van der Waals surface area contributed by atoms with Crippen molar-refractivity contribution in [3.63, 3.8) is 0 Å². The van der Waals surface area contributed by atoms with Crippen LogP contribution in [-0.4, -0.2) is 23.9 Å². The van der Waals surface area contributed by atoms with Gasteiger partial charge in [0.05, 0.1) is 0 Å². The fourth-order valence-corrected chi connectivity index (χ4v) is 3.27. The van der Waals surface area contributed by atoms with E-state index in [0.29, 0.717) is 6.42 Å². The summed E-state index contributed by atoms with van der Waals surface area (Å²) in [5.41, 5.74) is 5.48. The number of carboxylic acid groups (broad SMARTS) is 1. The van der Waals surface area contributed by atoms with Gasteiger partial charge in [-0.2, -0.15) is 0 Å². The number of aliphatic carboxylic acids is 1. The van der Waals surface area contributed by atoms with E-state index in [2.05, 4.69) is 11.7 Å². The van der Waals surface area contributed by atoms with Gasteiger partial charge in [-0.1, -0.05) is 96.8 Å². The molecule has 2 N–H and O–H groups in total. The quantitative estimate of drug-likeness (QED) is 0.112. The van der Waals surface area contributed by atoms with Gasteiger partial charge in [0.2, 0.25) is 0 Å². The topological polar surface area (TPSA) is 110 Å². The van der Waals surface area contributed by atoms with E-state index >= 15 is 0 Å². The van der Waals surface area contributed by atoms with Gasteiger partial charge in [0.25, 0.3) is 0 Å². The van der Waals surface area contributed by atoms with Crippen LogP contribution in [-0.2, 0) is 41.5 Å². The predicted molar refractivity (Wildman–Crippen MR) is 113 cm³/mol. The summed E-state index contributed by atoms with van der Waals surface area (Å²) < 4.78 is 4.65. The van der Waals surface area contributed by atoms with Crippen LogP contribution in [0.2, 0.25) is 0 Å². The molecule has 0 saturated carbocycles. The Bertz CT molecular complexity index is 445. The Kier molecular flexibility index (Phi) is 24.1. The summed E-state index contributed by atoms with van der Waals surface area (Å²) in [4.78, 5) is 33.5. The van der Waals surface area contributed by atoms with Gasteiger partial charge in [0.15, 0.2) is 0 Å². The molecule has 0 aromatic carbocycles. The number of unbranched alkanes of at least 4 members (excludes halogenated alkanes) is 14. The van der Waals surface area contributed by atoms with Crippen LogP contribution in [0.3, 0.4) is 0 Å². The minimum Gasteiger partial charge on any atom is -0.550 e. The number of hydrogen-bond donors (Lipinski definition) is 1. The molecule has 0 saturated heterocycles. The largest absolute Gasteiger partial charge is 1.00 e. The Morgan fingerprint density at radius 2 is 1.13 bits per heavy atom. The van der Waals surface area contributed by atoms with E-state index in [1.165, 1.54) is 77.0 Å². The zero-order chi connectivity index (χ0) is 21.7. The summed E-state index contributed by atoms with van der Waals surface area (Å²) in [5.74, 6) is -2.73. The average Bonchev–Trinajstić information content (AvgIpc) is 2.68. The molecule has 0 radical (unpaired) electrons. The van der Waals surface area contributed by atoms with Gasteiger partial charge in [0, 0.05) is 12.4 Å². The van der Waals surface area contributed by atoms with Gasteiger partial charge in [-0.3, -0.25) is 4.79 Å². The molecule has 0 amide bonds. The molecule has 180 valence electrons. The van der Waals surface area contributed by atoms with Crippen LogP contribution in [0.1, 0.15) is 122 Å². The first-order valence-electron chi connectivity index (χ1n) is 11.7. The maximum absolute atomic E-state index is 11.6. The molecule has 0 aliphatic heterocycles. The van der Waals surface area contributed by atoms with Crippen LogP contribution < -0.4 is 10.8 Å². The van der Waals surface area contributed by atoms with E-state index in [0.717, 1.165) is 12.8 Å². The average molecular weight is 520 g/mol. The summed E-state index contributed by atoms with van der Waals surface area (Å²) in [5, 5.41) is 10.3. The second-order valence-electron chi connectivity index (χ2n) is 8.01. The molecule has 7 heteroatoms. The third-order valence-electron chi connectivity index (χ3n) is 5.16. The summed E-state index contributed by atoms with van der Waals surface area (Å²) in [6, 6.07) is -1.10. The molecular formula is C23H42AgNO5. The van der Waals surface area contributed by atoms with Gasteiger partial charge in [0.1, 0.15) is 6.04 Å². The van der Waals surface area contributed by atoms with Crippen molar-refractivity contribution < 1.29 is 46.6 Å². The molecule has 1 atom stereocenters. The molecule has 0 aromatic rings. The zero-order valence-electron chi connectivity index (χ0n) is 18.7. The van der Waals surface area contributed by atoms with Gasteiger partial charge in [-0.15, -0.1) is 0 Å². The Labute approximate surface area is 198 Å². The summed E-state index contributed by atoms with van der Waals surface area (Å²) in [6.07, 6.45) is 18.5. The number of carbonyl (C=O) groups excluding carboxylic acids is 3. The van der Waals surface area contributed by atoms with Crippen molar-refractivity contribution >= 4 is 17.9 Å². The SMILES string of the molecule is CCCCCCCCCCCCCCCCCC(=O)OC(=O)C(N)CCC(=O)[O-].[Ag+]. The van der Waals surface area contributed by atoms with E-state index in [1.807, 2.05) is 0 Å². The van der Waals surface area contributed by atoms with Crippen LogP contribution in [0.25, 0.3) is 0 Å². The molecule has 1 unspecified atom stereocenters. The van der Waals surface area contributed by atoms with Crippen LogP contribution in [0.15, 0.2) is 0 Å². The molecule has 0 aliphatic carbocycles. The van der Waals surface area contributed by atoms with E-state index in [1.54, 1.807) is 0 Å². The van der Waals surface area contributed by atoms with Gasteiger partial charge < -0.3 is 20.4 Å². The van der Waals surface area contributed by atoms with E-state index in [-0.39, 0.29) is 41.6 Å². The van der Waals surface area contributed by atoms with Gasteiger partial charge in [-0.05, 0) is 19.3 Å². The molecular weight excluding hydrogens is 478 g/mol. The third-order valence-corrected chi connectivity index (χ3v) is 5.16. The van der Waals surface area contributed by atoms with Crippen molar-refractivity contribution in [1.82, 2.24) is 0 Å². The zero-order valence-corrected chi connectivity index (χ0v) is 20.2. The minimum atomic E-state index is -1.28. The summed E-state index contributed by atoms with van der Waals surface area (Å²) in [7, 11) is 0. The molecule has 0 aromatic heterocycles. The molecule has 0 heterocycles. The van der Waals surface area contributed by atoms with Crippen molar-refractivity contribution in [2.75, 3.05) is 0 Å². The Hall–Kier alpha value is -0.690. The van der Waals surface area contributed by atoms with Crippen molar-refractivity contribution in [2.24, 2.45) is 5.73 Å². The Morgan fingerprint density at radius 3 is 1.53 bits per heavy atom. The fourth-order valence-electron chi connectivity index (χ4n) is 3.27. The molecule has 0 aliphatic rings. The van der Waals surface area contributed by atoms with Crippen LogP contribution in [0.4, 0.5) is 0 Å². The van der Waals surface area contributed by atoms with Crippen molar-refractivity contribution in [3.05, 3.63) is 0 Å². The fraction of sp³-hybridized carbons (Fsp3) is 0.870. The smallest absolute Gasteiger partial charge is 0.550 e. The standard InChI is InChI=1S/C23H43NO5.Ag/c1-2-3-4-5-6-7-8-9-10-11-12-13-14-15-16-17-22(27)29-23(28)20(24)18-19-21(25)26;/h20H,2-19,24H2,1H3,(H,25,26);/q;+1/p-1. The molecule has 0 bridgehead atoms. The number of nitrogens with two attached hydrogens (primary N) is 1. The maximum Gasteiger partial charge on any atom is 1.00 e. The van der Waals surface area contributed by atoms with Crippen molar-refractivity contribution in [2.45, 2.75) is 129 Å². The normalized spacial score (nSPS) is 11.5. The monoisotopic (exact) mass is 519 g/mol. The van der Waals surface area contributed by atoms with Crippen molar-refractivity contribution in [1.29, 1.82) is 0 Å². The summed E-state index contributed by atoms with van der Waals surface area (Å²) >= 11 is 0. The number of esters is 2. The van der Waals surface area contributed by atoms with Crippen molar-refractivity contribution in [3.8, 4) is 0 Å². The Morgan fingerprint density at radius 1 is 0.733 bits per heavy atom. The first-order valence-corrected chi connectivity index (χ1v) is 11.7. The number of carbonyl (C=O) groups is 3. The summed E-state index contributed by atoms with van der Waals surface area (Å²) in [6.45, 7) is 2.25. The number of rotatable bonds is 20. The molecule has 0 spiro atoms. The first-order chi connectivity index (χ1) is 14.0. The van der Waals surface area contributed by atoms with E-state index in [9.17, 15) is 19.5 Å².